The number of ketones is 1. The van der Waals surface area contributed by atoms with Gasteiger partial charge in [-0.05, 0) is 12.2 Å². The number of carbonyl (C=O) groups is 1. The summed E-state index contributed by atoms with van der Waals surface area (Å²) in [6, 6.07) is 0. The van der Waals surface area contributed by atoms with E-state index in [0.717, 1.165) is 5.71 Å². The predicted molar refractivity (Wildman–Crippen MR) is 40.4 cm³/mol. The minimum Gasteiger partial charge on any atom is -1.00 e. The first kappa shape index (κ1) is 10.1. The topological polar surface area (TPSA) is 20.1 Å². The normalized spacial score (nSPS) is 14.7. The van der Waals surface area contributed by atoms with Gasteiger partial charge in [-0.2, -0.15) is 0 Å². The van der Waals surface area contributed by atoms with E-state index in [1.54, 1.807) is 12.2 Å². The summed E-state index contributed by atoms with van der Waals surface area (Å²) in [5, 5.41) is 0. The fourth-order valence-corrected chi connectivity index (χ4v) is 0.744. The zero-order valence-electron chi connectivity index (χ0n) is 6.54. The maximum atomic E-state index is 10.6. The van der Waals surface area contributed by atoms with Crippen molar-refractivity contribution in [3.05, 3.63) is 24.3 Å². The molecular formula is C8H10ClNO. The van der Waals surface area contributed by atoms with Crippen LogP contribution in [0, 0.1) is 0 Å². The lowest BCUT2D eigenvalue weighted by atomic mass is 10.1. The van der Waals surface area contributed by atoms with Crippen molar-refractivity contribution in [1.29, 1.82) is 0 Å². The summed E-state index contributed by atoms with van der Waals surface area (Å²) in [7, 11) is 3.89. The number of hydrogen-bond acceptors (Lipinski definition) is 1. The minimum absolute atomic E-state index is 0. The van der Waals surface area contributed by atoms with Gasteiger partial charge in [0, 0.05) is 12.2 Å². The Bertz CT molecular complexity index is 229. The van der Waals surface area contributed by atoms with E-state index in [-0.39, 0.29) is 18.2 Å². The fraction of sp³-hybridized carbons (Fsp3) is 0.250. The second-order valence-electron chi connectivity index (χ2n) is 2.39. The van der Waals surface area contributed by atoms with Crippen molar-refractivity contribution in [2.75, 3.05) is 14.1 Å². The molecule has 0 atom stereocenters. The fourth-order valence-electron chi connectivity index (χ4n) is 0.744. The molecular weight excluding hydrogens is 162 g/mol. The molecule has 0 aromatic carbocycles. The smallest absolute Gasteiger partial charge is 0.199 e. The molecule has 0 aromatic heterocycles. The molecule has 1 aliphatic rings. The van der Waals surface area contributed by atoms with Crippen LogP contribution in [0.1, 0.15) is 0 Å². The molecule has 1 aliphatic carbocycles. The number of allylic oxidation sites excluding steroid dienone is 4. The molecule has 11 heavy (non-hydrogen) atoms. The zero-order chi connectivity index (χ0) is 7.56. The molecule has 3 heteroatoms. The predicted octanol–water partition coefficient (Wildman–Crippen LogP) is -2.60. The van der Waals surface area contributed by atoms with E-state index in [9.17, 15) is 4.79 Å². The molecule has 0 unspecified atom stereocenters. The Morgan fingerprint density at radius 2 is 1.55 bits per heavy atom. The highest BCUT2D eigenvalue weighted by Crippen LogP contribution is 1.93. The average molecular weight is 172 g/mol. The van der Waals surface area contributed by atoms with Crippen molar-refractivity contribution in [3.8, 4) is 0 Å². The molecule has 0 saturated carbocycles. The summed E-state index contributed by atoms with van der Waals surface area (Å²) in [6.07, 6.45) is 6.75. The Hall–Kier alpha value is -0.890. The van der Waals surface area contributed by atoms with Crippen LogP contribution < -0.4 is 12.4 Å². The summed E-state index contributed by atoms with van der Waals surface area (Å²) in [6.45, 7) is 0. The third kappa shape index (κ3) is 2.68. The van der Waals surface area contributed by atoms with E-state index in [1.165, 1.54) is 0 Å². The van der Waals surface area contributed by atoms with Gasteiger partial charge < -0.3 is 12.4 Å². The number of nitrogens with zero attached hydrogens (tertiary/aromatic N) is 1. The molecule has 0 amide bonds. The standard InChI is InChI=1S/C8H10NO.ClH/c1-9(2)7-3-5-8(10)6-4-7;/h3-6H,1-2H3;1H/q+1;/p-1. The van der Waals surface area contributed by atoms with Crippen LogP contribution in [0.25, 0.3) is 0 Å². The summed E-state index contributed by atoms with van der Waals surface area (Å²) in [4.78, 5) is 10.6. The number of rotatable bonds is 0. The van der Waals surface area contributed by atoms with Crippen LogP contribution in [0.4, 0.5) is 0 Å². The highest BCUT2D eigenvalue weighted by molar-refractivity contribution is 6.14. The third-order valence-corrected chi connectivity index (χ3v) is 1.35. The first-order valence-corrected chi connectivity index (χ1v) is 3.14. The van der Waals surface area contributed by atoms with Gasteiger partial charge in [-0.3, -0.25) is 4.79 Å². The molecule has 0 N–H and O–H groups in total. The van der Waals surface area contributed by atoms with Crippen LogP contribution >= 0.6 is 0 Å². The lowest BCUT2D eigenvalue weighted by Gasteiger charge is -1.94. The Morgan fingerprint density at radius 3 is 1.91 bits per heavy atom. The molecule has 0 bridgehead atoms. The summed E-state index contributed by atoms with van der Waals surface area (Å²) in [5.41, 5.74) is 1.06. The van der Waals surface area contributed by atoms with Crippen LogP contribution in [0.2, 0.25) is 0 Å². The molecule has 2 nitrogen and oxygen atoms in total. The van der Waals surface area contributed by atoms with Gasteiger partial charge in [-0.1, -0.05) is 0 Å². The van der Waals surface area contributed by atoms with Crippen molar-refractivity contribution in [2.24, 2.45) is 0 Å². The molecule has 0 aromatic rings. The zero-order valence-corrected chi connectivity index (χ0v) is 7.30. The van der Waals surface area contributed by atoms with Crippen LogP contribution in [0.5, 0.6) is 0 Å². The van der Waals surface area contributed by atoms with E-state index in [0.29, 0.717) is 0 Å². The van der Waals surface area contributed by atoms with Crippen molar-refractivity contribution >= 4 is 11.5 Å². The van der Waals surface area contributed by atoms with Gasteiger partial charge in [-0.25, -0.2) is 4.58 Å². The Morgan fingerprint density at radius 1 is 1.09 bits per heavy atom. The van der Waals surface area contributed by atoms with Gasteiger partial charge in [0.15, 0.2) is 11.5 Å². The second kappa shape index (κ2) is 4.09. The average Bonchev–Trinajstić information content (AvgIpc) is 1.88. The van der Waals surface area contributed by atoms with E-state index in [1.807, 2.05) is 30.8 Å². The van der Waals surface area contributed by atoms with Crippen molar-refractivity contribution < 1.29 is 21.8 Å². The van der Waals surface area contributed by atoms with Crippen LogP contribution in [0.15, 0.2) is 24.3 Å². The van der Waals surface area contributed by atoms with Crippen molar-refractivity contribution in [2.45, 2.75) is 0 Å². The van der Waals surface area contributed by atoms with Crippen molar-refractivity contribution in [1.82, 2.24) is 0 Å². The van der Waals surface area contributed by atoms with E-state index in [4.69, 9.17) is 0 Å². The van der Waals surface area contributed by atoms with E-state index in [2.05, 4.69) is 0 Å². The molecule has 0 heterocycles. The van der Waals surface area contributed by atoms with Gasteiger partial charge in [0.05, 0.1) is 0 Å². The first-order valence-electron chi connectivity index (χ1n) is 3.14. The minimum atomic E-state index is 0. The number of halogens is 1. The Balaban J connectivity index is 0.000001000. The summed E-state index contributed by atoms with van der Waals surface area (Å²) >= 11 is 0. The van der Waals surface area contributed by atoms with E-state index >= 15 is 0 Å². The van der Waals surface area contributed by atoms with Crippen LogP contribution in [-0.4, -0.2) is 30.2 Å². The molecule has 0 aliphatic heterocycles. The molecule has 0 spiro atoms. The van der Waals surface area contributed by atoms with Gasteiger partial charge in [0.25, 0.3) is 0 Å². The molecule has 60 valence electrons. The van der Waals surface area contributed by atoms with Gasteiger partial charge in [0.1, 0.15) is 14.1 Å². The lowest BCUT2D eigenvalue weighted by molar-refractivity contribution is -0.462. The number of carbonyl (C=O) groups excluding carboxylic acids is 1. The van der Waals surface area contributed by atoms with Crippen molar-refractivity contribution in [3.63, 3.8) is 0 Å². The second-order valence-corrected chi connectivity index (χ2v) is 2.39. The SMILES string of the molecule is C[N+](C)=C1C=CC(=O)C=C1.[Cl-]. The Kier molecular flexibility index (Phi) is 3.76. The van der Waals surface area contributed by atoms with Crippen LogP contribution in [0.3, 0.4) is 0 Å². The quantitative estimate of drug-likeness (QED) is 0.289. The largest absolute Gasteiger partial charge is 1.00 e. The lowest BCUT2D eigenvalue weighted by Crippen LogP contribution is -3.00. The molecule has 0 saturated heterocycles. The monoisotopic (exact) mass is 171 g/mol. The summed E-state index contributed by atoms with van der Waals surface area (Å²) in [5.74, 6) is 0.0607. The third-order valence-electron chi connectivity index (χ3n) is 1.35. The van der Waals surface area contributed by atoms with Crippen LogP contribution in [-0.2, 0) is 4.79 Å². The van der Waals surface area contributed by atoms with Gasteiger partial charge >= 0.3 is 0 Å². The first-order chi connectivity index (χ1) is 4.70. The highest BCUT2D eigenvalue weighted by Gasteiger charge is 2.04. The maximum absolute atomic E-state index is 10.6. The summed E-state index contributed by atoms with van der Waals surface area (Å²) < 4.78 is 1.96. The number of hydrogen-bond donors (Lipinski definition) is 0. The molecule has 0 radical (unpaired) electrons. The highest BCUT2D eigenvalue weighted by atomic mass is 35.5. The van der Waals surface area contributed by atoms with E-state index < -0.39 is 0 Å². The Labute approximate surface area is 72.3 Å². The maximum Gasteiger partial charge on any atom is 0.199 e. The molecule has 1 rings (SSSR count). The van der Waals surface area contributed by atoms with Gasteiger partial charge in [0.2, 0.25) is 0 Å². The van der Waals surface area contributed by atoms with Gasteiger partial charge in [-0.15, -0.1) is 0 Å². The molecule has 0 fully saturated rings.